The molecule has 2 amide bonds. The Balaban J connectivity index is 1.81. The number of para-hydroxylation sites is 1. The number of carbonyl (C=O) groups is 2. The highest BCUT2D eigenvalue weighted by atomic mass is 127. The van der Waals surface area contributed by atoms with Gasteiger partial charge in [0.2, 0.25) is 0 Å². The summed E-state index contributed by atoms with van der Waals surface area (Å²) in [6.45, 7) is 4.35. The van der Waals surface area contributed by atoms with E-state index in [2.05, 4.69) is 29.5 Å². The van der Waals surface area contributed by atoms with E-state index in [0.29, 0.717) is 4.91 Å². The van der Waals surface area contributed by atoms with Crippen molar-refractivity contribution in [2.24, 2.45) is 0 Å². The number of thioether (sulfide) groups is 1. The predicted molar refractivity (Wildman–Crippen MR) is 117 cm³/mol. The second kappa shape index (κ2) is 8.93. The van der Waals surface area contributed by atoms with Crippen molar-refractivity contribution in [3.8, 4) is 5.75 Å². The number of hydrogen-bond acceptors (Lipinski definition) is 4. The van der Waals surface area contributed by atoms with Crippen LogP contribution in [0.15, 0.2) is 53.4 Å². The van der Waals surface area contributed by atoms with E-state index in [-0.39, 0.29) is 23.8 Å². The van der Waals surface area contributed by atoms with Crippen molar-refractivity contribution >= 4 is 51.6 Å². The first kappa shape index (κ1) is 19.9. The lowest BCUT2D eigenvalue weighted by Crippen LogP contribution is -2.27. The molecule has 1 aliphatic heterocycles. The maximum absolute atomic E-state index is 12.8. The molecule has 6 heteroatoms. The molecule has 0 spiro atoms. The van der Waals surface area contributed by atoms with Crippen LogP contribution in [0.3, 0.4) is 0 Å². The molecule has 1 saturated heterocycles. The Morgan fingerprint density at radius 1 is 1.15 bits per heavy atom. The van der Waals surface area contributed by atoms with Gasteiger partial charge in [0, 0.05) is 9.13 Å². The van der Waals surface area contributed by atoms with E-state index in [0.717, 1.165) is 38.6 Å². The van der Waals surface area contributed by atoms with E-state index in [4.69, 9.17) is 4.74 Å². The van der Waals surface area contributed by atoms with Gasteiger partial charge in [-0.15, -0.1) is 0 Å². The fraction of sp³-hybridized carbons (Fsp3) is 0.238. The van der Waals surface area contributed by atoms with Gasteiger partial charge in [-0.1, -0.05) is 37.3 Å². The molecule has 1 fully saturated rings. The standard InChI is InChI=1S/C21H20INO3S/c1-3-14(2)26-18-7-5-4-6-16(18)12-19-20(24)23(21(25)27-19)13-15-8-10-17(22)11-9-15/h4-12,14H,3,13H2,1-2H3/b19-12+/t14-/m1/s1. The fourth-order valence-electron chi connectivity index (χ4n) is 2.56. The predicted octanol–water partition coefficient (Wildman–Crippen LogP) is 5.71. The molecule has 0 saturated carbocycles. The molecule has 3 rings (SSSR count). The summed E-state index contributed by atoms with van der Waals surface area (Å²) in [5.74, 6) is 0.457. The van der Waals surface area contributed by atoms with Gasteiger partial charge in [-0.2, -0.15) is 0 Å². The topological polar surface area (TPSA) is 46.6 Å². The number of ether oxygens (including phenoxy) is 1. The van der Waals surface area contributed by atoms with Gasteiger partial charge in [0.15, 0.2) is 0 Å². The molecule has 0 radical (unpaired) electrons. The minimum atomic E-state index is -0.262. The van der Waals surface area contributed by atoms with Crippen LogP contribution in [0, 0.1) is 3.57 Å². The normalized spacial score (nSPS) is 16.9. The van der Waals surface area contributed by atoms with Crippen LogP contribution in [-0.4, -0.2) is 22.2 Å². The second-order valence-corrected chi connectivity index (χ2v) is 8.51. The molecule has 0 bridgehead atoms. The molecular formula is C21H20INO3S. The van der Waals surface area contributed by atoms with Crippen LogP contribution in [0.2, 0.25) is 0 Å². The summed E-state index contributed by atoms with van der Waals surface area (Å²) >= 11 is 3.20. The zero-order chi connectivity index (χ0) is 19.4. The van der Waals surface area contributed by atoms with Crippen molar-refractivity contribution < 1.29 is 14.3 Å². The van der Waals surface area contributed by atoms with Gasteiger partial charge in [-0.3, -0.25) is 14.5 Å². The second-order valence-electron chi connectivity index (χ2n) is 6.27. The Hall–Kier alpha value is -1.80. The van der Waals surface area contributed by atoms with Gasteiger partial charge in [0.25, 0.3) is 11.1 Å². The van der Waals surface area contributed by atoms with Crippen molar-refractivity contribution in [1.82, 2.24) is 4.90 Å². The Labute approximate surface area is 177 Å². The van der Waals surface area contributed by atoms with Crippen LogP contribution in [0.5, 0.6) is 5.75 Å². The molecule has 1 heterocycles. The average Bonchev–Trinajstić information content (AvgIpc) is 2.92. The largest absolute Gasteiger partial charge is 0.490 e. The molecule has 2 aromatic rings. The van der Waals surface area contributed by atoms with Crippen LogP contribution in [-0.2, 0) is 11.3 Å². The highest BCUT2D eigenvalue weighted by Gasteiger charge is 2.35. The van der Waals surface area contributed by atoms with Crippen LogP contribution in [0.4, 0.5) is 4.79 Å². The molecule has 1 aliphatic rings. The maximum atomic E-state index is 12.8. The van der Waals surface area contributed by atoms with Crippen LogP contribution in [0.25, 0.3) is 6.08 Å². The molecule has 27 heavy (non-hydrogen) atoms. The SMILES string of the molecule is CC[C@@H](C)Oc1ccccc1/C=C1/SC(=O)N(Cc2ccc(I)cc2)C1=O. The van der Waals surface area contributed by atoms with E-state index < -0.39 is 0 Å². The summed E-state index contributed by atoms with van der Waals surface area (Å²) in [5, 5.41) is -0.245. The van der Waals surface area contributed by atoms with Crippen molar-refractivity contribution in [2.45, 2.75) is 32.9 Å². The fourth-order valence-corrected chi connectivity index (χ4v) is 3.75. The van der Waals surface area contributed by atoms with E-state index in [9.17, 15) is 9.59 Å². The molecule has 0 aromatic heterocycles. The molecular weight excluding hydrogens is 473 g/mol. The first-order valence-electron chi connectivity index (χ1n) is 8.73. The summed E-state index contributed by atoms with van der Waals surface area (Å²) < 4.78 is 7.05. The quantitative estimate of drug-likeness (QED) is 0.383. The molecule has 0 N–H and O–H groups in total. The van der Waals surface area contributed by atoms with E-state index in [1.54, 1.807) is 6.08 Å². The van der Waals surface area contributed by atoms with Crippen LogP contribution < -0.4 is 4.74 Å². The monoisotopic (exact) mass is 493 g/mol. The van der Waals surface area contributed by atoms with Crippen molar-refractivity contribution in [3.63, 3.8) is 0 Å². The van der Waals surface area contributed by atoms with Gasteiger partial charge in [-0.05, 0) is 77.5 Å². The summed E-state index contributed by atoms with van der Waals surface area (Å²) in [6, 6.07) is 15.4. The minimum Gasteiger partial charge on any atom is -0.490 e. The molecule has 0 unspecified atom stereocenters. The van der Waals surface area contributed by atoms with E-state index in [1.807, 2.05) is 55.5 Å². The van der Waals surface area contributed by atoms with Crippen molar-refractivity contribution in [1.29, 1.82) is 0 Å². The number of rotatable bonds is 6. The summed E-state index contributed by atoms with van der Waals surface area (Å²) in [7, 11) is 0. The number of nitrogens with zero attached hydrogens (tertiary/aromatic N) is 1. The highest BCUT2D eigenvalue weighted by molar-refractivity contribution is 14.1. The summed E-state index contributed by atoms with van der Waals surface area (Å²) in [4.78, 5) is 26.8. The average molecular weight is 493 g/mol. The zero-order valence-electron chi connectivity index (χ0n) is 15.1. The van der Waals surface area contributed by atoms with Crippen LogP contribution >= 0.6 is 34.4 Å². The number of benzene rings is 2. The number of imide groups is 1. The van der Waals surface area contributed by atoms with Crippen LogP contribution in [0.1, 0.15) is 31.4 Å². The lowest BCUT2D eigenvalue weighted by atomic mass is 10.1. The smallest absolute Gasteiger partial charge is 0.293 e. The number of halogens is 1. The van der Waals surface area contributed by atoms with Gasteiger partial charge in [0.1, 0.15) is 5.75 Å². The minimum absolute atomic E-state index is 0.0792. The van der Waals surface area contributed by atoms with Gasteiger partial charge >= 0.3 is 0 Å². The third-order valence-electron chi connectivity index (χ3n) is 4.24. The lowest BCUT2D eigenvalue weighted by Gasteiger charge is -2.15. The number of carbonyl (C=O) groups excluding carboxylic acids is 2. The first-order chi connectivity index (χ1) is 13.0. The van der Waals surface area contributed by atoms with Gasteiger partial charge in [0.05, 0.1) is 17.6 Å². The molecule has 140 valence electrons. The Morgan fingerprint density at radius 2 is 1.85 bits per heavy atom. The number of amides is 2. The number of hydrogen-bond donors (Lipinski definition) is 0. The van der Waals surface area contributed by atoms with Crippen molar-refractivity contribution in [2.75, 3.05) is 0 Å². The molecule has 4 nitrogen and oxygen atoms in total. The highest BCUT2D eigenvalue weighted by Crippen LogP contribution is 2.35. The maximum Gasteiger partial charge on any atom is 0.293 e. The van der Waals surface area contributed by atoms with Crippen molar-refractivity contribution in [3.05, 3.63) is 68.1 Å². The van der Waals surface area contributed by atoms with E-state index >= 15 is 0 Å². The molecule has 1 atom stereocenters. The zero-order valence-corrected chi connectivity index (χ0v) is 18.1. The summed E-state index contributed by atoms with van der Waals surface area (Å²) in [5.41, 5.74) is 1.73. The molecule has 2 aromatic carbocycles. The van der Waals surface area contributed by atoms with E-state index in [1.165, 1.54) is 4.90 Å². The third kappa shape index (κ3) is 4.93. The van der Waals surface area contributed by atoms with Gasteiger partial charge < -0.3 is 4.74 Å². The Kier molecular flexibility index (Phi) is 6.59. The Morgan fingerprint density at radius 3 is 2.56 bits per heavy atom. The Bertz CT molecular complexity index is 879. The summed E-state index contributed by atoms with van der Waals surface area (Å²) in [6.07, 6.45) is 2.72. The first-order valence-corrected chi connectivity index (χ1v) is 10.6. The molecule has 0 aliphatic carbocycles. The van der Waals surface area contributed by atoms with Gasteiger partial charge in [-0.25, -0.2) is 0 Å². The lowest BCUT2D eigenvalue weighted by molar-refractivity contribution is -0.123. The third-order valence-corrected chi connectivity index (χ3v) is 5.86.